The van der Waals surface area contributed by atoms with Gasteiger partial charge in [-0.2, -0.15) is 0 Å². The molecule has 0 radical (unpaired) electrons. The first-order valence-corrected chi connectivity index (χ1v) is 9.29. The first-order chi connectivity index (χ1) is 12.1. The number of rotatable bonds is 3. The summed E-state index contributed by atoms with van der Waals surface area (Å²) in [5, 5.41) is 2.15. The molecule has 0 N–H and O–H groups in total. The van der Waals surface area contributed by atoms with E-state index in [2.05, 4.69) is 32.6 Å². The van der Waals surface area contributed by atoms with Crippen LogP contribution in [0.4, 0.5) is 0 Å². The lowest BCUT2D eigenvalue weighted by Crippen LogP contribution is -2.25. The van der Waals surface area contributed by atoms with Crippen molar-refractivity contribution in [2.45, 2.75) is 12.3 Å². The van der Waals surface area contributed by atoms with Crippen LogP contribution in [0.5, 0.6) is 0 Å². The first-order valence-electron chi connectivity index (χ1n) is 7.83. The third kappa shape index (κ3) is 3.23. The van der Waals surface area contributed by atoms with Crippen molar-refractivity contribution >= 4 is 45.7 Å². The van der Waals surface area contributed by atoms with Gasteiger partial charge in [-0.25, -0.2) is 14.8 Å². The summed E-state index contributed by atoms with van der Waals surface area (Å²) in [6.45, 7) is 1.28. The molecule has 1 saturated heterocycles. The molecule has 25 heavy (non-hydrogen) atoms. The van der Waals surface area contributed by atoms with Gasteiger partial charge in [-0.05, 0) is 41.1 Å². The Labute approximate surface area is 162 Å². The van der Waals surface area contributed by atoms with E-state index in [1.807, 2.05) is 28.8 Å². The highest BCUT2D eigenvalue weighted by Crippen LogP contribution is 2.31. The zero-order valence-electron chi connectivity index (χ0n) is 13.1. The van der Waals surface area contributed by atoms with Gasteiger partial charge in [0.25, 0.3) is 0 Å². The van der Waals surface area contributed by atoms with E-state index in [-0.39, 0.29) is 11.9 Å². The largest absolute Gasteiger partial charge is 0.364 e. The molecule has 3 heterocycles. The van der Waals surface area contributed by atoms with Crippen molar-refractivity contribution in [2.24, 2.45) is 0 Å². The Morgan fingerprint density at radius 1 is 1.32 bits per heavy atom. The summed E-state index contributed by atoms with van der Waals surface area (Å²) in [5.74, 6) is 0.746. The summed E-state index contributed by atoms with van der Waals surface area (Å²) in [6, 6.07) is 9.00. The van der Waals surface area contributed by atoms with E-state index >= 15 is 0 Å². The first kappa shape index (κ1) is 16.7. The highest BCUT2D eigenvalue weighted by Gasteiger charge is 2.30. The van der Waals surface area contributed by atoms with Crippen molar-refractivity contribution in [3.63, 3.8) is 0 Å². The number of benzene rings is 1. The predicted octanol–water partition coefficient (Wildman–Crippen LogP) is 3.55. The summed E-state index contributed by atoms with van der Waals surface area (Å²) in [4.78, 5) is 26.5. The molecule has 3 aromatic rings. The van der Waals surface area contributed by atoms with Gasteiger partial charge in [0.1, 0.15) is 15.0 Å². The summed E-state index contributed by atoms with van der Waals surface area (Å²) in [7, 11) is 0. The van der Waals surface area contributed by atoms with E-state index < -0.39 is 0 Å². The Kier molecular flexibility index (Phi) is 4.61. The van der Waals surface area contributed by atoms with Crippen molar-refractivity contribution in [1.29, 1.82) is 0 Å². The normalized spacial score (nSPS) is 17.9. The number of carbonyl (C=O) groups excluding carboxylic acids is 1. The van der Waals surface area contributed by atoms with Crippen molar-refractivity contribution in [3.05, 3.63) is 63.0 Å². The molecule has 1 aliphatic heterocycles. The number of hydroxylamine groups is 2. The highest BCUT2D eigenvalue weighted by molar-refractivity contribution is 14.1. The second kappa shape index (κ2) is 6.89. The smallest absolute Gasteiger partial charge is 0.357 e. The quantitative estimate of drug-likeness (QED) is 0.550. The van der Waals surface area contributed by atoms with Crippen molar-refractivity contribution in [1.82, 2.24) is 19.4 Å². The van der Waals surface area contributed by atoms with Crippen molar-refractivity contribution in [2.75, 3.05) is 13.1 Å². The zero-order valence-corrected chi connectivity index (χ0v) is 16.0. The van der Waals surface area contributed by atoms with E-state index in [9.17, 15) is 4.79 Å². The zero-order chi connectivity index (χ0) is 17.4. The van der Waals surface area contributed by atoms with Crippen LogP contribution < -0.4 is 0 Å². The lowest BCUT2D eigenvalue weighted by molar-refractivity contribution is -0.0938. The van der Waals surface area contributed by atoms with Gasteiger partial charge >= 0.3 is 5.97 Å². The molecular weight excluding hydrogens is 455 g/mol. The van der Waals surface area contributed by atoms with Gasteiger partial charge in [0.2, 0.25) is 0 Å². The molecule has 2 aromatic heterocycles. The fourth-order valence-electron chi connectivity index (χ4n) is 3.04. The minimum absolute atomic E-state index is 0.165. The monoisotopic (exact) mass is 468 g/mol. The van der Waals surface area contributed by atoms with Crippen LogP contribution in [0, 0.1) is 3.70 Å². The van der Waals surface area contributed by atoms with Gasteiger partial charge in [-0.1, -0.05) is 29.8 Å². The van der Waals surface area contributed by atoms with Crippen LogP contribution in [0.2, 0.25) is 5.15 Å². The average Bonchev–Trinajstić information content (AvgIpc) is 3.21. The molecule has 6 nitrogen and oxygen atoms in total. The van der Waals surface area contributed by atoms with E-state index in [0.717, 1.165) is 21.5 Å². The Bertz CT molecular complexity index is 931. The minimum Gasteiger partial charge on any atom is -0.364 e. The highest BCUT2D eigenvalue weighted by atomic mass is 127. The summed E-state index contributed by atoms with van der Waals surface area (Å²) >= 11 is 8.36. The van der Waals surface area contributed by atoms with Gasteiger partial charge in [-0.15, -0.1) is 5.06 Å². The van der Waals surface area contributed by atoms with E-state index in [4.69, 9.17) is 16.4 Å². The number of hydrogen-bond acceptors (Lipinski definition) is 5. The predicted molar refractivity (Wildman–Crippen MR) is 102 cm³/mol. The molecule has 0 bridgehead atoms. The van der Waals surface area contributed by atoms with Crippen LogP contribution >= 0.6 is 34.2 Å². The minimum atomic E-state index is -0.337. The van der Waals surface area contributed by atoms with E-state index in [1.165, 1.54) is 0 Å². The number of imidazole rings is 1. The maximum atomic E-state index is 12.2. The van der Waals surface area contributed by atoms with Crippen LogP contribution in [-0.2, 0) is 4.84 Å². The number of aromatic nitrogens is 3. The third-order valence-electron chi connectivity index (χ3n) is 4.23. The van der Waals surface area contributed by atoms with Crippen LogP contribution in [-0.4, -0.2) is 38.5 Å². The molecule has 128 valence electrons. The third-order valence-corrected chi connectivity index (χ3v) is 5.26. The van der Waals surface area contributed by atoms with Crippen molar-refractivity contribution < 1.29 is 9.63 Å². The van der Waals surface area contributed by atoms with Crippen LogP contribution in [0.15, 0.2) is 42.7 Å². The fraction of sp³-hybridized carbons (Fsp3) is 0.235. The Morgan fingerprint density at radius 2 is 2.12 bits per heavy atom. The number of fused-ring (bicyclic) bond motifs is 1. The number of halogens is 2. The van der Waals surface area contributed by atoms with E-state index in [0.29, 0.717) is 23.8 Å². The summed E-state index contributed by atoms with van der Waals surface area (Å²) in [5.41, 5.74) is 1.36. The maximum Gasteiger partial charge on any atom is 0.357 e. The Morgan fingerprint density at radius 3 is 2.92 bits per heavy atom. The van der Waals surface area contributed by atoms with Gasteiger partial charge < -0.3 is 4.84 Å². The molecule has 1 aromatic carbocycles. The maximum absolute atomic E-state index is 12.2. The number of nitrogens with zero attached hydrogens (tertiary/aromatic N) is 4. The molecule has 0 spiro atoms. The van der Waals surface area contributed by atoms with Gasteiger partial charge in [0.05, 0.1) is 5.56 Å². The van der Waals surface area contributed by atoms with Crippen LogP contribution in [0.25, 0.3) is 5.52 Å². The van der Waals surface area contributed by atoms with Gasteiger partial charge in [0, 0.05) is 31.4 Å². The lowest BCUT2D eigenvalue weighted by Gasteiger charge is -2.15. The molecule has 0 aliphatic carbocycles. The van der Waals surface area contributed by atoms with Crippen LogP contribution in [0.3, 0.4) is 0 Å². The molecule has 4 rings (SSSR count). The molecular formula is C17H14ClIN4O2. The Balaban J connectivity index is 1.52. The molecule has 1 aliphatic rings. The molecule has 8 heteroatoms. The molecule has 0 unspecified atom stereocenters. The Hall–Kier alpha value is -1.71. The molecule has 0 saturated carbocycles. The fourth-order valence-corrected chi connectivity index (χ4v) is 4.20. The molecule has 1 atom stereocenters. The second-order valence-electron chi connectivity index (χ2n) is 5.82. The SMILES string of the molecule is O=C(ON1CC[C@H](c2nc(I)c3c(Cl)nccn23)C1)c1ccccc1. The number of carbonyl (C=O) groups is 1. The standard InChI is InChI=1S/C17H14ClIN4O2/c18-14-13-15(19)21-16(23(13)9-7-20-14)12-6-8-22(10-12)25-17(24)11-4-2-1-3-5-11/h1-5,7,9,12H,6,8,10H2/t12-/m0/s1. The summed E-state index contributed by atoms with van der Waals surface area (Å²) < 4.78 is 2.80. The van der Waals surface area contributed by atoms with E-state index in [1.54, 1.807) is 23.4 Å². The van der Waals surface area contributed by atoms with Gasteiger partial charge in [-0.3, -0.25) is 4.40 Å². The van der Waals surface area contributed by atoms with Gasteiger partial charge in [0.15, 0.2) is 5.15 Å². The lowest BCUT2D eigenvalue weighted by atomic mass is 10.1. The topological polar surface area (TPSA) is 59.7 Å². The van der Waals surface area contributed by atoms with Crippen molar-refractivity contribution in [3.8, 4) is 0 Å². The molecule has 0 amide bonds. The average molecular weight is 469 g/mol. The number of hydrogen-bond donors (Lipinski definition) is 0. The summed E-state index contributed by atoms with van der Waals surface area (Å²) in [6.07, 6.45) is 4.39. The second-order valence-corrected chi connectivity index (χ2v) is 7.20. The van der Waals surface area contributed by atoms with Crippen LogP contribution in [0.1, 0.15) is 28.5 Å². The molecule has 1 fully saturated rings.